The minimum Gasteiger partial charge on any atom is -0.396 e. The van der Waals surface area contributed by atoms with E-state index in [1.165, 1.54) is 6.07 Å². The van der Waals surface area contributed by atoms with Crippen LogP contribution in [-0.4, -0.2) is 4.98 Å². The van der Waals surface area contributed by atoms with Crippen molar-refractivity contribution in [2.45, 2.75) is 19.9 Å². The molecule has 1 unspecified atom stereocenters. The van der Waals surface area contributed by atoms with Crippen molar-refractivity contribution >= 4 is 27.4 Å². The van der Waals surface area contributed by atoms with Crippen LogP contribution >= 0.6 is 15.9 Å². The fourth-order valence-electron chi connectivity index (χ4n) is 1.74. The highest BCUT2D eigenvalue weighted by Gasteiger charge is 2.10. The summed E-state index contributed by atoms with van der Waals surface area (Å²) in [5, 5.41) is 3.18. The van der Waals surface area contributed by atoms with E-state index in [9.17, 15) is 4.39 Å². The first-order chi connectivity index (χ1) is 8.97. The van der Waals surface area contributed by atoms with E-state index in [1.54, 1.807) is 25.3 Å². The third kappa shape index (κ3) is 3.23. The number of hydrogen-bond donors (Lipinski definition) is 2. The van der Waals surface area contributed by atoms with E-state index in [0.717, 1.165) is 10.0 Å². The lowest BCUT2D eigenvalue weighted by Crippen LogP contribution is -2.10. The highest BCUT2D eigenvalue weighted by molar-refractivity contribution is 9.10. The molecule has 3 nitrogen and oxygen atoms in total. The van der Waals surface area contributed by atoms with Crippen LogP contribution in [0.1, 0.15) is 24.1 Å². The van der Waals surface area contributed by atoms with Gasteiger partial charge in [-0.05, 0) is 53.0 Å². The summed E-state index contributed by atoms with van der Waals surface area (Å²) in [4.78, 5) is 4.21. The van der Waals surface area contributed by atoms with Gasteiger partial charge in [0.05, 0.1) is 11.7 Å². The third-order valence-electron chi connectivity index (χ3n) is 2.93. The van der Waals surface area contributed by atoms with Gasteiger partial charge in [0.1, 0.15) is 11.6 Å². The van der Waals surface area contributed by atoms with Crippen molar-refractivity contribution in [1.29, 1.82) is 0 Å². The predicted octanol–water partition coefficient (Wildman–Crippen LogP) is 4.05. The van der Waals surface area contributed by atoms with E-state index in [0.29, 0.717) is 17.1 Å². The molecular weight excluding hydrogens is 309 g/mol. The van der Waals surface area contributed by atoms with Gasteiger partial charge in [0.2, 0.25) is 0 Å². The average Bonchev–Trinajstić information content (AvgIpc) is 2.36. The predicted molar refractivity (Wildman–Crippen MR) is 79.5 cm³/mol. The molecule has 3 N–H and O–H groups in total. The van der Waals surface area contributed by atoms with Crippen molar-refractivity contribution in [2.75, 3.05) is 11.1 Å². The minimum atomic E-state index is -0.206. The normalized spacial score (nSPS) is 12.2. The van der Waals surface area contributed by atoms with Gasteiger partial charge >= 0.3 is 0 Å². The molecule has 1 aromatic heterocycles. The summed E-state index contributed by atoms with van der Waals surface area (Å²) in [6.07, 6.45) is 1.67. The second-order valence-electron chi connectivity index (χ2n) is 4.47. The maximum atomic E-state index is 13.5. The number of nitrogens with one attached hydrogen (secondary N) is 1. The Morgan fingerprint density at radius 1 is 1.37 bits per heavy atom. The van der Waals surface area contributed by atoms with Crippen LogP contribution in [0, 0.1) is 12.7 Å². The molecule has 5 heteroatoms. The summed E-state index contributed by atoms with van der Waals surface area (Å²) in [5.74, 6) is 0.388. The maximum absolute atomic E-state index is 13.5. The van der Waals surface area contributed by atoms with E-state index >= 15 is 0 Å². The summed E-state index contributed by atoms with van der Waals surface area (Å²) in [6.45, 7) is 3.68. The number of aryl methyl sites for hydroxylation is 1. The standard InChI is InChI=1S/C14H15BrFN3/c1-8-3-4-10(5-12(8)16)9(2)19-14-13(17)6-11(15)7-18-14/h3-7,9H,17H2,1-2H3,(H,18,19). The van der Waals surface area contributed by atoms with Crippen molar-refractivity contribution in [1.82, 2.24) is 4.98 Å². The molecule has 0 spiro atoms. The zero-order valence-corrected chi connectivity index (χ0v) is 12.3. The number of nitrogen functional groups attached to an aromatic ring is 1. The summed E-state index contributed by atoms with van der Waals surface area (Å²) in [6, 6.07) is 6.89. The van der Waals surface area contributed by atoms with E-state index < -0.39 is 0 Å². The first-order valence-electron chi connectivity index (χ1n) is 5.91. The minimum absolute atomic E-state index is 0.0777. The SMILES string of the molecule is Cc1ccc(C(C)Nc2ncc(Br)cc2N)cc1F. The lowest BCUT2D eigenvalue weighted by atomic mass is 10.1. The van der Waals surface area contributed by atoms with Gasteiger partial charge in [-0.1, -0.05) is 12.1 Å². The smallest absolute Gasteiger partial charge is 0.149 e. The highest BCUT2D eigenvalue weighted by atomic mass is 79.9. The first kappa shape index (κ1) is 13.8. The molecule has 2 aromatic rings. The number of pyridine rings is 1. The average molecular weight is 324 g/mol. The van der Waals surface area contributed by atoms with Gasteiger partial charge in [-0.2, -0.15) is 0 Å². The van der Waals surface area contributed by atoms with Crippen molar-refractivity contribution < 1.29 is 4.39 Å². The molecule has 0 fully saturated rings. The van der Waals surface area contributed by atoms with E-state index in [2.05, 4.69) is 26.2 Å². The van der Waals surface area contributed by atoms with Gasteiger partial charge in [-0.3, -0.25) is 0 Å². The largest absolute Gasteiger partial charge is 0.396 e. The monoisotopic (exact) mass is 323 g/mol. The second-order valence-corrected chi connectivity index (χ2v) is 5.38. The number of rotatable bonds is 3. The zero-order valence-electron chi connectivity index (χ0n) is 10.7. The number of aromatic nitrogens is 1. The molecule has 2 rings (SSSR count). The molecule has 1 atom stereocenters. The van der Waals surface area contributed by atoms with Crippen LogP contribution in [-0.2, 0) is 0 Å². The molecule has 0 aliphatic carbocycles. The van der Waals surface area contributed by atoms with Gasteiger partial charge < -0.3 is 11.1 Å². The second kappa shape index (κ2) is 5.57. The fraction of sp³-hybridized carbons (Fsp3) is 0.214. The lowest BCUT2D eigenvalue weighted by Gasteiger charge is -2.16. The molecule has 0 aliphatic heterocycles. The van der Waals surface area contributed by atoms with Crippen LogP contribution in [0.25, 0.3) is 0 Å². The number of benzene rings is 1. The van der Waals surface area contributed by atoms with Crippen LogP contribution in [0.2, 0.25) is 0 Å². The van der Waals surface area contributed by atoms with Crippen LogP contribution in [0.5, 0.6) is 0 Å². The molecule has 0 saturated heterocycles. The zero-order chi connectivity index (χ0) is 14.0. The van der Waals surface area contributed by atoms with Crippen LogP contribution in [0.15, 0.2) is 34.9 Å². The topological polar surface area (TPSA) is 50.9 Å². The maximum Gasteiger partial charge on any atom is 0.149 e. The van der Waals surface area contributed by atoms with Gasteiger partial charge in [0.25, 0.3) is 0 Å². The summed E-state index contributed by atoms with van der Waals surface area (Å²) >= 11 is 3.31. The van der Waals surface area contributed by atoms with Gasteiger partial charge in [-0.15, -0.1) is 0 Å². The van der Waals surface area contributed by atoms with Crippen molar-refractivity contribution in [3.05, 3.63) is 51.9 Å². The molecular formula is C14H15BrFN3. The fourth-order valence-corrected chi connectivity index (χ4v) is 2.09. The Balaban J connectivity index is 2.20. The number of nitrogens with zero attached hydrogens (tertiary/aromatic N) is 1. The van der Waals surface area contributed by atoms with Crippen LogP contribution < -0.4 is 11.1 Å². The molecule has 100 valence electrons. The van der Waals surface area contributed by atoms with E-state index in [4.69, 9.17) is 5.73 Å². The van der Waals surface area contributed by atoms with Gasteiger partial charge in [0, 0.05) is 10.7 Å². The van der Waals surface area contributed by atoms with Gasteiger partial charge in [-0.25, -0.2) is 9.37 Å². The molecule has 0 amide bonds. The number of anilines is 2. The Kier molecular flexibility index (Phi) is 4.04. The van der Waals surface area contributed by atoms with E-state index in [-0.39, 0.29) is 11.9 Å². The molecule has 19 heavy (non-hydrogen) atoms. The number of hydrogen-bond acceptors (Lipinski definition) is 3. The van der Waals surface area contributed by atoms with Crippen molar-refractivity contribution in [2.24, 2.45) is 0 Å². The molecule has 0 aliphatic rings. The van der Waals surface area contributed by atoms with Crippen molar-refractivity contribution in [3.63, 3.8) is 0 Å². The Morgan fingerprint density at radius 3 is 2.74 bits per heavy atom. The lowest BCUT2D eigenvalue weighted by molar-refractivity contribution is 0.614. The number of halogens is 2. The highest BCUT2D eigenvalue weighted by Crippen LogP contribution is 2.25. The molecule has 0 bridgehead atoms. The Morgan fingerprint density at radius 2 is 2.11 bits per heavy atom. The summed E-state index contributed by atoms with van der Waals surface area (Å²) in [7, 11) is 0. The molecule has 0 saturated carbocycles. The quantitative estimate of drug-likeness (QED) is 0.896. The summed E-state index contributed by atoms with van der Waals surface area (Å²) in [5.41, 5.74) is 7.91. The van der Waals surface area contributed by atoms with Crippen molar-refractivity contribution in [3.8, 4) is 0 Å². The Labute approximate surface area is 120 Å². The summed E-state index contributed by atoms with van der Waals surface area (Å²) < 4.78 is 14.4. The van der Waals surface area contributed by atoms with Crippen LogP contribution in [0.3, 0.4) is 0 Å². The Bertz CT molecular complexity index is 601. The first-order valence-corrected chi connectivity index (χ1v) is 6.70. The van der Waals surface area contributed by atoms with E-state index in [1.807, 2.05) is 13.0 Å². The Hall–Kier alpha value is -1.62. The molecule has 1 aromatic carbocycles. The molecule has 0 radical (unpaired) electrons. The van der Waals surface area contributed by atoms with Gasteiger partial charge in [0.15, 0.2) is 0 Å². The number of nitrogens with two attached hydrogens (primary N) is 1. The molecule has 1 heterocycles. The van der Waals surface area contributed by atoms with Crippen LogP contribution in [0.4, 0.5) is 15.9 Å². The third-order valence-corrected chi connectivity index (χ3v) is 3.37.